The van der Waals surface area contributed by atoms with Crippen molar-refractivity contribution in [2.75, 3.05) is 5.32 Å². The van der Waals surface area contributed by atoms with Crippen molar-refractivity contribution in [1.29, 1.82) is 0 Å². The summed E-state index contributed by atoms with van der Waals surface area (Å²) in [4.78, 5) is 12.0. The summed E-state index contributed by atoms with van der Waals surface area (Å²) in [6, 6.07) is 7.49. The molecule has 1 heterocycles. The fraction of sp³-hybridized carbons (Fsp3) is 0.231. The van der Waals surface area contributed by atoms with E-state index in [1.807, 2.05) is 32.0 Å². The Kier molecular flexibility index (Phi) is 3.23. The number of hydrogen-bond donors (Lipinski definition) is 2. The number of hydrogen-bond acceptors (Lipinski definition) is 2. The fourth-order valence-corrected chi connectivity index (χ4v) is 1.66. The molecule has 4 heteroatoms. The van der Waals surface area contributed by atoms with Crippen LogP contribution in [0.1, 0.15) is 28.4 Å². The number of carbonyl (C=O) groups excluding carboxylic acids is 1. The first-order valence-electron chi connectivity index (χ1n) is 5.61. The lowest BCUT2D eigenvalue weighted by molar-refractivity contribution is 0.102. The van der Waals surface area contributed by atoms with Crippen LogP contribution in [0.3, 0.4) is 0 Å². The predicted octanol–water partition coefficient (Wildman–Crippen LogP) is 2.53. The van der Waals surface area contributed by atoms with Crippen LogP contribution in [0.5, 0.6) is 0 Å². The van der Waals surface area contributed by atoms with E-state index in [0.29, 0.717) is 11.4 Å². The smallest absolute Gasteiger partial charge is 0.256 e. The van der Waals surface area contributed by atoms with E-state index in [2.05, 4.69) is 15.5 Å². The zero-order valence-corrected chi connectivity index (χ0v) is 9.95. The Morgan fingerprint density at radius 1 is 1.47 bits per heavy atom. The van der Waals surface area contributed by atoms with Gasteiger partial charge in [0.05, 0.1) is 6.20 Å². The van der Waals surface area contributed by atoms with Crippen molar-refractivity contribution in [2.24, 2.45) is 0 Å². The highest BCUT2D eigenvalue weighted by molar-refractivity contribution is 6.04. The number of aromatic amines is 1. The van der Waals surface area contributed by atoms with E-state index >= 15 is 0 Å². The Morgan fingerprint density at radius 2 is 2.29 bits per heavy atom. The Bertz CT molecular complexity index is 531. The zero-order chi connectivity index (χ0) is 12.3. The van der Waals surface area contributed by atoms with E-state index < -0.39 is 0 Å². The molecule has 2 aromatic rings. The summed E-state index contributed by atoms with van der Waals surface area (Å²) < 4.78 is 0. The number of aryl methyl sites for hydroxylation is 2. The van der Waals surface area contributed by atoms with Crippen LogP contribution in [-0.2, 0) is 6.42 Å². The number of benzene rings is 1. The number of aromatic nitrogens is 2. The average molecular weight is 229 g/mol. The first kappa shape index (κ1) is 11.4. The number of rotatable bonds is 3. The second-order valence-electron chi connectivity index (χ2n) is 3.95. The van der Waals surface area contributed by atoms with Crippen molar-refractivity contribution >= 4 is 11.7 Å². The van der Waals surface area contributed by atoms with Crippen LogP contribution in [0.25, 0.3) is 0 Å². The number of carbonyl (C=O) groups is 1. The Balaban J connectivity index is 2.17. The maximum absolute atomic E-state index is 12.0. The summed E-state index contributed by atoms with van der Waals surface area (Å²) in [5.41, 5.74) is 2.73. The van der Waals surface area contributed by atoms with Crippen LogP contribution in [0.4, 0.5) is 5.82 Å². The van der Waals surface area contributed by atoms with Crippen LogP contribution in [0.2, 0.25) is 0 Å². The molecule has 0 radical (unpaired) electrons. The molecule has 17 heavy (non-hydrogen) atoms. The van der Waals surface area contributed by atoms with Crippen LogP contribution < -0.4 is 5.32 Å². The van der Waals surface area contributed by atoms with Crippen molar-refractivity contribution in [3.63, 3.8) is 0 Å². The number of nitrogens with one attached hydrogen (secondary N) is 2. The molecule has 2 rings (SSSR count). The van der Waals surface area contributed by atoms with Gasteiger partial charge in [-0.3, -0.25) is 9.89 Å². The Labute approximate surface area is 100 Å². The van der Waals surface area contributed by atoms with Gasteiger partial charge < -0.3 is 5.32 Å². The van der Waals surface area contributed by atoms with Gasteiger partial charge in [-0.25, -0.2) is 0 Å². The van der Waals surface area contributed by atoms with Crippen LogP contribution >= 0.6 is 0 Å². The monoisotopic (exact) mass is 229 g/mol. The van der Waals surface area contributed by atoms with Crippen molar-refractivity contribution in [2.45, 2.75) is 20.3 Å². The second kappa shape index (κ2) is 4.82. The SMILES string of the molecule is CCc1cn[nH]c1NC(=O)c1cccc(C)c1. The van der Waals surface area contributed by atoms with Gasteiger partial charge in [-0.2, -0.15) is 5.10 Å². The molecule has 0 atom stereocenters. The van der Waals surface area contributed by atoms with Gasteiger partial charge in [0, 0.05) is 11.1 Å². The molecule has 0 bridgehead atoms. The molecule has 0 unspecified atom stereocenters. The van der Waals surface area contributed by atoms with Crippen LogP contribution in [-0.4, -0.2) is 16.1 Å². The van der Waals surface area contributed by atoms with E-state index in [1.54, 1.807) is 12.3 Å². The van der Waals surface area contributed by atoms with Crippen LogP contribution in [0.15, 0.2) is 30.5 Å². The minimum atomic E-state index is -0.118. The highest BCUT2D eigenvalue weighted by Gasteiger charge is 2.09. The fourth-order valence-electron chi connectivity index (χ4n) is 1.66. The van der Waals surface area contributed by atoms with Gasteiger partial charge in [-0.15, -0.1) is 0 Å². The third-order valence-corrected chi connectivity index (χ3v) is 2.62. The molecular formula is C13H15N3O. The molecule has 0 saturated carbocycles. The molecule has 0 saturated heterocycles. The normalized spacial score (nSPS) is 10.2. The summed E-state index contributed by atoms with van der Waals surface area (Å²) >= 11 is 0. The van der Waals surface area contributed by atoms with Gasteiger partial charge in [0.25, 0.3) is 5.91 Å². The lowest BCUT2D eigenvalue weighted by Crippen LogP contribution is -2.13. The Morgan fingerprint density at radius 3 is 3.00 bits per heavy atom. The summed E-state index contributed by atoms with van der Waals surface area (Å²) in [7, 11) is 0. The third kappa shape index (κ3) is 2.53. The highest BCUT2D eigenvalue weighted by atomic mass is 16.1. The highest BCUT2D eigenvalue weighted by Crippen LogP contribution is 2.13. The molecule has 88 valence electrons. The molecule has 1 aromatic heterocycles. The molecule has 4 nitrogen and oxygen atoms in total. The van der Waals surface area contributed by atoms with Gasteiger partial charge in [0.1, 0.15) is 5.82 Å². The summed E-state index contributed by atoms with van der Waals surface area (Å²) in [6.07, 6.45) is 2.56. The Hall–Kier alpha value is -2.10. The van der Waals surface area contributed by atoms with E-state index in [0.717, 1.165) is 17.5 Å². The zero-order valence-electron chi connectivity index (χ0n) is 9.95. The van der Waals surface area contributed by atoms with Crippen molar-refractivity contribution in [3.05, 3.63) is 47.2 Å². The minimum Gasteiger partial charge on any atom is -0.307 e. The molecular weight excluding hydrogens is 214 g/mol. The van der Waals surface area contributed by atoms with Gasteiger partial charge in [0.15, 0.2) is 0 Å². The first-order valence-corrected chi connectivity index (χ1v) is 5.61. The van der Waals surface area contributed by atoms with Crippen molar-refractivity contribution in [1.82, 2.24) is 10.2 Å². The predicted molar refractivity (Wildman–Crippen MR) is 67.1 cm³/mol. The molecule has 2 N–H and O–H groups in total. The quantitative estimate of drug-likeness (QED) is 0.849. The third-order valence-electron chi connectivity index (χ3n) is 2.62. The number of anilines is 1. The van der Waals surface area contributed by atoms with Crippen LogP contribution in [0, 0.1) is 6.92 Å². The summed E-state index contributed by atoms with van der Waals surface area (Å²) in [5, 5.41) is 9.54. The largest absolute Gasteiger partial charge is 0.307 e. The number of H-pyrrole nitrogens is 1. The van der Waals surface area contributed by atoms with Gasteiger partial charge in [0.2, 0.25) is 0 Å². The standard InChI is InChI=1S/C13H15N3O/c1-3-10-8-14-16-12(10)15-13(17)11-6-4-5-9(2)7-11/h4-8H,3H2,1-2H3,(H2,14,15,16,17). The molecule has 0 aliphatic carbocycles. The van der Waals surface area contributed by atoms with Crippen molar-refractivity contribution in [3.8, 4) is 0 Å². The minimum absolute atomic E-state index is 0.118. The maximum Gasteiger partial charge on any atom is 0.256 e. The molecule has 0 spiro atoms. The molecule has 0 fully saturated rings. The summed E-state index contributed by atoms with van der Waals surface area (Å²) in [5.74, 6) is 0.562. The van der Waals surface area contributed by atoms with E-state index in [9.17, 15) is 4.79 Å². The van der Waals surface area contributed by atoms with E-state index in [-0.39, 0.29) is 5.91 Å². The molecule has 0 aliphatic heterocycles. The number of nitrogens with zero attached hydrogens (tertiary/aromatic N) is 1. The van der Waals surface area contributed by atoms with E-state index in [1.165, 1.54) is 0 Å². The van der Waals surface area contributed by atoms with Gasteiger partial charge in [-0.1, -0.05) is 24.6 Å². The lowest BCUT2D eigenvalue weighted by Gasteiger charge is -2.05. The average Bonchev–Trinajstić information content (AvgIpc) is 2.76. The number of amides is 1. The van der Waals surface area contributed by atoms with E-state index in [4.69, 9.17) is 0 Å². The maximum atomic E-state index is 12.0. The molecule has 0 aliphatic rings. The summed E-state index contributed by atoms with van der Waals surface area (Å²) in [6.45, 7) is 3.98. The van der Waals surface area contributed by atoms with Gasteiger partial charge in [-0.05, 0) is 25.5 Å². The molecule has 1 amide bonds. The van der Waals surface area contributed by atoms with Gasteiger partial charge >= 0.3 is 0 Å². The second-order valence-corrected chi connectivity index (χ2v) is 3.95. The first-order chi connectivity index (χ1) is 8.20. The topological polar surface area (TPSA) is 57.8 Å². The molecule has 1 aromatic carbocycles. The lowest BCUT2D eigenvalue weighted by atomic mass is 10.1. The van der Waals surface area contributed by atoms with Crippen molar-refractivity contribution < 1.29 is 4.79 Å².